The monoisotopic (exact) mass is 446 g/mol. The molecule has 5 aromatic rings. The molecule has 0 fully saturated rings. The lowest BCUT2D eigenvalue weighted by molar-refractivity contribution is 0.369. The number of fused-ring (bicyclic) bond motifs is 1. The van der Waals surface area contributed by atoms with Crippen molar-refractivity contribution in [2.24, 2.45) is 0 Å². The maximum atomic E-state index is 13.0. The third kappa shape index (κ3) is 3.69. The summed E-state index contributed by atoms with van der Waals surface area (Å²) in [4.78, 5) is 21.8. The summed E-state index contributed by atoms with van der Waals surface area (Å²) >= 11 is 5.92. The number of aromatic nitrogens is 6. The molecule has 0 amide bonds. The Labute approximate surface area is 188 Å². The molecule has 32 heavy (non-hydrogen) atoms. The minimum Gasteiger partial charge on any atom is -0.337 e. The smallest absolute Gasteiger partial charge is 0.264 e. The highest BCUT2D eigenvalue weighted by Gasteiger charge is 2.15. The fraction of sp³-hybridized carbons (Fsp3) is 0.174. The Morgan fingerprint density at radius 3 is 2.53 bits per heavy atom. The van der Waals surface area contributed by atoms with Crippen molar-refractivity contribution >= 4 is 22.6 Å². The van der Waals surface area contributed by atoms with E-state index in [4.69, 9.17) is 16.1 Å². The molecule has 0 bridgehead atoms. The maximum Gasteiger partial charge on any atom is 0.264 e. The van der Waals surface area contributed by atoms with Gasteiger partial charge in [-0.25, -0.2) is 9.67 Å². The first-order valence-corrected chi connectivity index (χ1v) is 10.5. The summed E-state index contributed by atoms with van der Waals surface area (Å²) in [5.74, 6) is 1.17. The van der Waals surface area contributed by atoms with Gasteiger partial charge in [0.1, 0.15) is 18.3 Å². The fourth-order valence-electron chi connectivity index (χ4n) is 3.43. The van der Waals surface area contributed by atoms with Gasteiger partial charge in [-0.2, -0.15) is 10.1 Å². The summed E-state index contributed by atoms with van der Waals surface area (Å²) in [5, 5.41) is 9.40. The Kier molecular flexibility index (Phi) is 5.07. The van der Waals surface area contributed by atoms with Crippen LogP contribution in [0.15, 0.2) is 70.4 Å². The van der Waals surface area contributed by atoms with Gasteiger partial charge in [0.05, 0.1) is 11.9 Å². The largest absolute Gasteiger partial charge is 0.337 e. The first kappa shape index (κ1) is 20.1. The van der Waals surface area contributed by atoms with Crippen LogP contribution in [0, 0.1) is 0 Å². The van der Waals surface area contributed by atoms with Gasteiger partial charge < -0.3 is 4.52 Å². The predicted molar refractivity (Wildman–Crippen MR) is 121 cm³/mol. The average Bonchev–Trinajstić information content (AvgIpc) is 3.44. The maximum absolute atomic E-state index is 13.0. The lowest BCUT2D eigenvalue weighted by Gasteiger charge is -2.08. The Morgan fingerprint density at radius 2 is 1.81 bits per heavy atom. The highest BCUT2D eigenvalue weighted by Crippen LogP contribution is 2.20. The van der Waals surface area contributed by atoms with Gasteiger partial charge in [-0.3, -0.25) is 9.36 Å². The number of rotatable bonds is 5. The second-order valence-corrected chi connectivity index (χ2v) is 8.17. The zero-order valence-corrected chi connectivity index (χ0v) is 18.2. The van der Waals surface area contributed by atoms with Crippen molar-refractivity contribution in [2.75, 3.05) is 0 Å². The molecule has 2 aromatic carbocycles. The van der Waals surface area contributed by atoms with Gasteiger partial charge in [-0.15, -0.1) is 0 Å². The molecule has 0 N–H and O–H groups in total. The molecule has 0 aliphatic carbocycles. The van der Waals surface area contributed by atoms with E-state index < -0.39 is 0 Å². The van der Waals surface area contributed by atoms with E-state index >= 15 is 0 Å². The van der Waals surface area contributed by atoms with Crippen molar-refractivity contribution < 1.29 is 4.52 Å². The Morgan fingerprint density at radius 1 is 1.06 bits per heavy atom. The van der Waals surface area contributed by atoms with Gasteiger partial charge in [0.25, 0.3) is 5.56 Å². The molecule has 0 aliphatic rings. The summed E-state index contributed by atoms with van der Waals surface area (Å²) in [6.45, 7) is 4.39. The number of nitrogens with zero attached hydrogens (tertiary/aromatic N) is 6. The lowest BCUT2D eigenvalue weighted by atomic mass is 10.0. The molecule has 160 valence electrons. The van der Waals surface area contributed by atoms with Crippen molar-refractivity contribution in [2.45, 2.75) is 26.3 Å². The molecule has 3 heterocycles. The van der Waals surface area contributed by atoms with Crippen molar-refractivity contribution in [1.82, 2.24) is 29.5 Å². The second-order valence-electron chi connectivity index (χ2n) is 7.74. The van der Waals surface area contributed by atoms with Crippen LogP contribution < -0.4 is 5.56 Å². The van der Waals surface area contributed by atoms with Gasteiger partial charge in [-0.1, -0.05) is 42.7 Å². The van der Waals surface area contributed by atoms with Crippen LogP contribution in [0.3, 0.4) is 0 Å². The molecule has 0 aliphatic heterocycles. The van der Waals surface area contributed by atoms with Crippen molar-refractivity contribution in [3.8, 4) is 17.1 Å². The quantitative estimate of drug-likeness (QED) is 0.396. The van der Waals surface area contributed by atoms with E-state index in [1.807, 2.05) is 12.1 Å². The molecule has 0 spiro atoms. The number of halogens is 1. The van der Waals surface area contributed by atoms with E-state index in [1.165, 1.54) is 22.7 Å². The summed E-state index contributed by atoms with van der Waals surface area (Å²) < 4.78 is 8.41. The summed E-state index contributed by atoms with van der Waals surface area (Å²) in [6.07, 6.45) is 3.00. The van der Waals surface area contributed by atoms with Crippen molar-refractivity contribution in [3.05, 3.63) is 87.9 Å². The highest BCUT2D eigenvalue weighted by atomic mass is 35.5. The minimum atomic E-state index is -0.230. The SMILES string of the molecule is CC(C)c1ccc(-n2ncc3c(=O)n(Cc4nc(-c5ccc(Cl)cc5)no4)cnc32)cc1. The molecule has 0 saturated heterocycles. The van der Waals surface area contributed by atoms with Crippen LogP contribution in [-0.4, -0.2) is 29.5 Å². The van der Waals surface area contributed by atoms with Crippen LogP contribution in [0.4, 0.5) is 0 Å². The molecule has 0 saturated carbocycles. The highest BCUT2D eigenvalue weighted by molar-refractivity contribution is 6.30. The van der Waals surface area contributed by atoms with Gasteiger partial charge in [0.15, 0.2) is 5.65 Å². The second kappa shape index (κ2) is 8.05. The summed E-state index contributed by atoms with van der Waals surface area (Å²) in [6, 6.07) is 15.2. The number of benzene rings is 2. The fourth-order valence-corrected chi connectivity index (χ4v) is 3.56. The third-order valence-electron chi connectivity index (χ3n) is 5.23. The van der Waals surface area contributed by atoms with Crippen LogP contribution in [0.1, 0.15) is 31.2 Å². The summed E-state index contributed by atoms with van der Waals surface area (Å²) in [7, 11) is 0. The Hall–Kier alpha value is -3.78. The van der Waals surface area contributed by atoms with Crippen LogP contribution in [0.5, 0.6) is 0 Å². The van der Waals surface area contributed by atoms with Crippen LogP contribution >= 0.6 is 11.6 Å². The molecule has 5 rings (SSSR count). The zero-order valence-electron chi connectivity index (χ0n) is 17.4. The normalized spacial score (nSPS) is 11.5. The van der Waals surface area contributed by atoms with E-state index in [0.29, 0.717) is 33.7 Å². The number of hydrogen-bond donors (Lipinski definition) is 0. The standard InChI is InChI=1S/C23H19ClN6O2/c1-14(2)15-5-9-18(10-6-15)30-22-19(11-26-30)23(31)29(13-25-22)12-20-27-21(28-32-20)16-3-7-17(24)8-4-16/h3-11,13-14H,12H2,1-2H3. The van der Waals surface area contributed by atoms with Gasteiger partial charge >= 0.3 is 0 Å². The van der Waals surface area contributed by atoms with E-state index in [9.17, 15) is 4.79 Å². The van der Waals surface area contributed by atoms with Gasteiger partial charge in [-0.05, 0) is 47.9 Å². The topological polar surface area (TPSA) is 91.6 Å². The van der Waals surface area contributed by atoms with E-state index in [2.05, 4.69) is 46.2 Å². The van der Waals surface area contributed by atoms with E-state index in [1.54, 1.807) is 28.9 Å². The molecular weight excluding hydrogens is 428 g/mol. The minimum absolute atomic E-state index is 0.108. The first-order valence-electron chi connectivity index (χ1n) is 10.1. The van der Waals surface area contributed by atoms with Gasteiger partial charge in [0, 0.05) is 10.6 Å². The summed E-state index contributed by atoms with van der Waals surface area (Å²) in [5.41, 5.74) is 3.12. The molecule has 3 aromatic heterocycles. The lowest BCUT2D eigenvalue weighted by Crippen LogP contribution is -2.21. The molecule has 0 radical (unpaired) electrons. The molecular formula is C23H19ClN6O2. The van der Waals surface area contributed by atoms with E-state index in [-0.39, 0.29) is 12.1 Å². The average molecular weight is 447 g/mol. The Bertz CT molecular complexity index is 1450. The molecule has 9 heteroatoms. The molecule has 0 atom stereocenters. The predicted octanol–water partition coefficient (Wildman–Crippen LogP) is 4.46. The first-order chi connectivity index (χ1) is 15.5. The van der Waals surface area contributed by atoms with E-state index in [0.717, 1.165) is 11.3 Å². The number of hydrogen-bond acceptors (Lipinski definition) is 6. The third-order valence-corrected chi connectivity index (χ3v) is 5.49. The van der Waals surface area contributed by atoms with Gasteiger partial charge in [0.2, 0.25) is 11.7 Å². The Balaban J connectivity index is 1.43. The van der Waals surface area contributed by atoms with Crippen LogP contribution in [-0.2, 0) is 6.54 Å². The zero-order chi connectivity index (χ0) is 22.2. The van der Waals surface area contributed by atoms with Crippen molar-refractivity contribution in [3.63, 3.8) is 0 Å². The molecule has 8 nitrogen and oxygen atoms in total. The van der Waals surface area contributed by atoms with Crippen LogP contribution in [0.25, 0.3) is 28.1 Å². The van der Waals surface area contributed by atoms with Crippen LogP contribution in [0.2, 0.25) is 5.02 Å². The molecule has 0 unspecified atom stereocenters. The van der Waals surface area contributed by atoms with Crippen molar-refractivity contribution in [1.29, 1.82) is 0 Å².